The second-order valence-electron chi connectivity index (χ2n) is 6.17. The smallest absolute Gasteiger partial charge is 0.266 e. The number of aliphatic imine (C=N–C) groups is 1. The normalized spacial score (nSPS) is 17.0. The molecule has 7 heteroatoms. The largest absolute Gasteiger partial charge is 0.503 e. The summed E-state index contributed by atoms with van der Waals surface area (Å²) in [6.07, 6.45) is 1.79. The maximum Gasteiger partial charge on any atom is 0.266 e. The highest BCUT2D eigenvalue weighted by Crippen LogP contribution is 2.38. The number of phenolic OH excluding ortho intramolecular Hbond substituents is 1. The van der Waals surface area contributed by atoms with Crippen LogP contribution in [0.15, 0.2) is 50.8 Å². The van der Waals surface area contributed by atoms with Gasteiger partial charge in [-0.1, -0.05) is 17.7 Å². The number of carbonyl (C=O) groups is 1. The van der Waals surface area contributed by atoms with Gasteiger partial charge in [-0.3, -0.25) is 9.69 Å². The van der Waals surface area contributed by atoms with E-state index in [9.17, 15) is 9.90 Å². The molecule has 1 fully saturated rings. The van der Waals surface area contributed by atoms with Crippen LogP contribution in [-0.4, -0.2) is 34.2 Å². The van der Waals surface area contributed by atoms with Crippen LogP contribution in [0.5, 0.6) is 11.5 Å². The van der Waals surface area contributed by atoms with E-state index in [0.717, 1.165) is 16.8 Å². The molecule has 2 aromatic rings. The highest BCUT2D eigenvalue weighted by molar-refractivity contribution is 9.10. The number of amidine groups is 1. The van der Waals surface area contributed by atoms with Gasteiger partial charge in [-0.05, 0) is 84.4 Å². The first-order valence-corrected chi connectivity index (χ1v) is 10.6. The molecule has 1 saturated heterocycles. The molecule has 1 heterocycles. The van der Waals surface area contributed by atoms with E-state index < -0.39 is 0 Å². The zero-order chi connectivity index (χ0) is 20.3. The summed E-state index contributed by atoms with van der Waals surface area (Å²) in [6, 6.07) is 11.3. The number of halogens is 1. The van der Waals surface area contributed by atoms with Crippen LogP contribution in [-0.2, 0) is 4.79 Å². The second kappa shape index (κ2) is 8.84. The van der Waals surface area contributed by atoms with Crippen molar-refractivity contribution in [2.45, 2.75) is 20.8 Å². The topological polar surface area (TPSA) is 62.1 Å². The Kier molecular flexibility index (Phi) is 6.46. The van der Waals surface area contributed by atoms with E-state index in [1.807, 2.05) is 45.0 Å². The van der Waals surface area contributed by atoms with Crippen LogP contribution in [0.4, 0.5) is 5.69 Å². The molecule has 2 aromatic carbocycles. The van der Waals surface area contributed by atoms with Crippen molar-refractivity contribution in [3.63, 3.8) is 0 Å². The lowest BCUT2D eigenvalue weighted by Gasteiger charge is -2.12. The molecule has 0 unspecified atom stereocenters. The number of aryl methyl sites for hydroxylation is 1. The molecule has 1 aliphatic rings. The Hall–Kier alpha value is -2.25. The van der Waals surface area contributed by atoms with Crippen LogP contribution < -0.4 is 4.74 Å². The van der Waals surface area contributed by atoms with Crippen molar-refractivity contribution >= 4 is 50.5 Å². The number of hydrogen-bond acceptors (Lipinski definition) is 5. The summed E-state index contributed by atoms with van der Waals surface area (Å²) in [5.74, 6) is 0.340. The lowest BCUT2D eigenvalue weighted by molar-refractivity contribution is -0.122. The third-order valence-electron chi connectivity index (χ3n) is 4.11. The molecule has 0 spiro atoms. The van der Waals surface area contributed by atoms with Crippen LogP contribution in [0.3, 0.4) is 0 Å². The van der Waals surface area contributed by atoms with Crippen molar-refractivity contribution < 1.29 is 14.6 Å². The van der Waals surface area contributed by atoms with Crippen molar-refractivity contribution in [1.82, 2.24) is 4.90 Å². The van der Waals surface area contributed by atoms with Crippen molar-refractivity contribution in [2.24, 2.45) is 4.99 Å². The average Bonchev–Trinajstić information content (AvgIpc) is 2.95. The van der Waals surface area contributed by atoms with Crippen LogP contribution in [0, 0.1) is 6.92 Å². The summed E-state index contributed by atoms with van der Waals surface area (Å²) in [5.41, 5.74) is 2.73. The number of amides is 1. The molecule has 0 atom stereocenters. The Balaban J connectivity index is 1.95. The first-order chi connectivity index (χ1) is 13.4. The van der Waals surface area contributed by atoms with Crippen molar-refractivity contribution in [2.75, 3.05) is 13.2 Å². The molecular formula is C21H21BrN2O3S. The van der Waals surface area contributed by atoms with Crippen LogP contribution >= 0.6 is 27.7 Å². The van der Waals surface area contributed by atoms with Crippen LogP contribution in [0.1, 0.15) is 25.0 Å². The number of rotatable bonds is 5. The molecule has 5 nitrogen and oxygen atoms in total. The van der Waals surface area contributed by atoms with Gasteiger partial charge < -0.3 is 9.84 Å². The van der Waals surface area contributed by atoms with Gasteiger partial charge in [0, 0.05) is 6.54 Å². The van der Waals surface area contributed by atoms with E-state index in [-0.39, 0.29) is 11.7 Å². The molecule has 0 radical (unpaired) electrons. The number of carbonyl (C=O) groups excluding carboxylic acids is 1. The summed E-state index contributed by atoms with van der Waals surface area (Å²) in [6.45, 7) is 6.77. The summed E-state index contributed by atoms with van der Waals surface area (Å²) in [5, 5.41) is 10.7. The Morgan fingerprint density at radius 3 is 2.61 bits per heavy atom. The number of likely N-dealkylation sites (N-methyl/N-ethyl adjacent to an activating group) is 1. The monoisotopic (exact) mass is 460 g/mol. The zero-order valence-electron chi connectivity index (χ0n) is 15.9. The molecule has 0 bridgehead atoms. The van der Waals surface area contributed by atoms with Crippen LogP contribution in [0.25, 0.3) is 6.08 Å². The first kappa shape index (κ1) is 20.5. The van der Waals surface area contributed by atoms with Gasteiger partial charge in [0.05, 0.1) is 21.7 Å². The molecule has 0 aromatic heterocycles. The SMILES string of the molecule is CCOc1cc(/C=C2/SC(=Nc3ccc(C)cc3)N(CC)C2=O)cc(Br)c1O. The first-order valence-electron chi connectivity index (χ1n) is 8.95. The molecule has 3 rings (SSSR count). The highest BCUT2D eigenvalue weighted by Gasteiger charge is 2.32. The van der Waals surface area contributed by atoms with Gasteiger partial charge in [-0.15, -0.1) is 0 Å². The summed E-state index contributed by atoms with van der Waals surface area (Å²) in [7, 11) is 0. The fraction of sp³-hybridized carbons (Fsp3) is 0.238. The van der Waals surface area contributed by atoms with Gasteiger partial charge in [-0.2, -0.15) is 0 Å². The van der Waals surface area contributed by atoms with Crippen molar-refractivity contribution in [1.29, 1.82) is 0 Å². The molecule has 1 N–H and O–H groups in total. The lowest BCUT2D eigenvalue weighted by Crippen LogP contribution is -2.28. The predicted molar refractivity (Wildman–Crippen MR) is 118 cm³/mol. The molecule has 28 heavy (non-hydrogen) atoms. The fourth-order valence-electron chi connectivity index (χ4n) is 2.69. The number of thioether (sulfide) groups is 1. The molecular weight excluding hydrogens is 440 g/mol. The van der Waals surface area contributed by atoms with E-state index in [1.165, 1.54) is 11.8 Å². The number of hydrogen-bond donors (Lipinski definition) is 1. The van der Waals surface area contributed by atoms with Gasteiger partial charge in [-0.25, -0.2) is 4.99 Å². The molecule has 0 aliphatic carbocycles. The molecule has 1 aliphatic heterocycles. The quantitative estimate of drug-likeness (QED) is 0.599. The van der Waals surface area contributed by atoms with Crippen molar-refractivity contribution in [3.05, 3.63) is 56.9 Å². The van der Waals surface area contributed by atoms with E-state index >= 15 is 0 Å². The number of nitrogens with zero attached hydrogens (tertiary/aromatic N) is 2. The van der Waals surface area contributed by atoms with Gasteiger partial charge in [0.25, 0.3) is 5.91 Å². The van der Waals surface area contributed by atoms with Crippen LogP contribution in [0.2, 0.25) is 0 Å². The minimum atomic E-state index is -0.0829. The number of aromatic hydroxyl groups is 1. The van der Waals surface area contributed by atoms with E-state index in [1.54, 1.807) is 23.1 Å². The third kappa shape index (κ3) is 4.42. The van der Waals surface area contributed by atoms with Gasteiger partial charge >= 0.3 is 0 Å². The Morgan fingerprint density at radius 1 is 1.25 bits per heavy atom. The standard InChI is InChI=1S/C21H21BrN2O3S/c1-4-24-20(26)18(28-21(24)23-15-8-6-13(3)7-9-15)12-14-10-16(22)19(25)17(11-14)27-5-2/h6-12,25H,4-5H2,1-3H3/b18-12+,23-21?. The fourth-order valence-corrected chi connectivity index (χ4v) is 4.22. The van der Waals surface area contributed by atoms with Gasteiger partial charge in [0.1, 0.15) is 0 Å². The van der Waals surface area contributed by atoms with Gasteiger partial charge in [0.2, 0.25) is 0 Å². The number of ether oxygens (including phenoxy) is 1. The maximum absolute atomic E-state index is 12.8. The number of benzene rings is 2. The minimum absolute atomic E-state index is 0.0474. The lowest BCUT2D eigenvalue weighted by atomic mass is 10.2. The van der Waals surface area contributed by atoms with Gasteiger partial charge in [0.15, 0.2) is 16.7 Å². The minimum Gasteiger partial charge on any atom is -0.503 e. The maximum atomic E-state index is 12.8. The molecule has 1 amide bonds. The van der Waals surface area contributed by atoms with E-state index in [2.05, 4.69) is 20.9 Å². The Labute approximate surface area is 177 Å². The Bertz CT molecular complexity index is 955. The van der Waals surface area contributed by atoms with E-state index in [0.29, 0.717) is 33.4 Å². The van der Waals surface area contributed by atoms with E-state index in [4.69, 9.17) is 4.74 Å². The highest BCUT2D eigenvalue weighted by atomic mass is 79.9. The molecule has 146 valence electrons. The Morgan fingerprint density at radius 2 is 1.96 bits per heavy atom. The zero-order valence-corrected chi connectivity index (χ0v) is 18.3. The summed E-state index contributed by atoms with van der Waals surface area (Å²) < 4.78 is 5.98. The molecule has 0 saturated carbocycles. The summed E-state index contributed by atoms with van der Waals surface area (Å²) >= 11 is 4.68. The number of phenols is 1. The summed E-state index contributed by atoms with van der Waals surface area (Å²) in [4.78, 5) is 19.7. The average molecular weight is 461 g/mol. The third-order valence-corrected chi connectivity index (χ3v) is 5.72. The van der Waals surface area contributed by atoms with Crippen molar-refractivity contribution in [3.8, 4) is 11.5 Å². The predicted octanol–water partition coefficient (Wildman–Crippen LogP) is 5.49. The second-order valence-corrected chi connectivity index (χ2v) is 8.04.